The van der Waals surface area contributed by atoms with E-state index >= 15 is 0 Å². The van der Waals surface area contributed by atoms with Crippen molar-refractivity contribution in [3.63, 3.8) is 0 Å². The van der Waals surface area contributed by atoms with Crippen molar-refractivity contribution in [3.05, 3.63) is 47.7 Å². The Labute approximate surface area is 117 Å². The van der Waals surface area contributed by atoms with Gasteiger partial charge >= 0.3 is 0 Å². The van der Waals surface area contributed by atoms with Crippen molar-refractivity contribution < 1.29 is 4.79 Å². The second-order valence-corrected chi connectivity index (χ2v) is 4.88. The highest BCUT2D eigenvalue weighted by Gasteiger charge is 2.13. The van der Waals surface area contributed by atoms with Crippen LogP contribution in [0.3, 0.4) is 0 Å². The van der Waals surface area contributed by atoms with Gasteiger partial charge < -0.3 is 4.90 Å². The zero-order valence-electron chi connectivity index (χ0n) is 12.5. The number of rotatable bonds is 5. The van der Waals surface area contributed by atoms with Gasteiger partial charge in [-0.3, -0.25) is 4.79 Å². The van der Waals surface area contributed by atoms with E-state index < -0.39 is 0 Å². The van der Waals surface area contributed by atoms with Crippen molar-refractivity contribution >= 4 is 5.78 Å². The molecule has 2 heteroatoms. The van der Waals surface area contributed by atoms with Crippen molar-refractivity contribution in [1.29, 1.82) is 0 Å². The highest BCUT2D eigenvalue weighted by Crippen LogP contribution is 2.17. The van der Waals surface area contributed by atoms with E-state index in [-0.39, 0.29) is 5.92 Å². The molecule has 19 heavy (non-hydrogen) atoms. The molecule has 0 radical (unpaired) electrons. The third-order valence-corrected chi connectivity index (χ3v) is 3.56. The largest absolute Gasteiger partial charge is 0.371 e. The van der Waals surface area contributed by atoms with Crippen LogP contribution in [0.25, 0.3) is 0 Å². The Morgan fingerprint density at radius 2 is 2.21 bits per heavy atom. The first-order chi connectivity index (χ1) is 9.10. The molecule has 0 amide bonds. The Kier molecular flexibility index (Phi) is 6.34. The second-order valence-electron chi connectivity index (χ2n) is 4.88. The average Bonchev–Trinajstić information content (AvgIpc) is 2.63. The van der Waals surface area contributed by atoms with E-state index in [0.29, 0.717) is 12.2 Å². The molecule has 2 nitrogen and oxygen atoms in total. The molecule has 1 aliphatic heterocycles. The number of allylic oxidation sites excluding steroid dienone is 6. The van der Waals surface area contributed by atoms with Crippen molar-refractivity contribution in [1.82, 2.24) is 4.90 Å². The molecule has 104 valence electrons. The lowest BCUT2D eigenvalue weighted by atomic mass is 9.94. The van der Waals surface area contributed by atoms with Crippen LogP contribution in [0.15, 0.2) is 47.7 Å². The Bertz CT molecular complexity index is 427. The van der Waals surface area contributed by atoms with Crippen LogP contribution in [-0.2, 0) is 4.79 Å². The van der Waals surface area contributed by atoms with E-state index in [2.05, 4.69) is 42.3 Å². The maximum Gasteiger partial charge on any atom is 0.139 e. The normalized spacial score (nSPS) is 18.4. The standard InChI is InChI=1S/C17H25NO/c1-5-15(14(3)17(19)6-2)11-12-16-10-8-7-9-13-18(16)4/h5,7,9-12,14H,6,8,13H2,1-4H3/b12-11-,15-5+. The molecule has 1 unspecified atom stereocenters. The van der Waals surface area contributed by atoms with Crippen molar-refractivity contribution in [2.24, 2.45) is 5.92 Å². The molecule has 0 saturated heterocycles. The topological polar surface area (TPSA) is 20.3 Å². The lowest BCUT2D eigenvalue weighted by Gasteiger charge is -2.18. The van der Waals surface area contributed by atoms with Crippen molar-refractivity contribution in [2.45, 2.75) is 33.6 Å². The van der Waals surface area contributed by atoms with Gasteiger partial charge in [0, 0.05) is 31.6 Å². The van der Waals surface area contributed by atoms with Gasteiger partial charge in [0.05, 0.1) is 0 Å². The minimum atomic E-state index is -0.0129. The molecule has 1 heterocycles. The molecule has 0 N–H and O–H groups in total. The first-order valence-corrected chi connectivity index (χ1v) is 7.03. The van der Waals surface area contributed by atoms with Crippen LogP contribution in [0.4, 0.5) is 0 Å². The summed E-state index contributed by atoms with van der Waals surface area (Å²) < 4.78 is 0. The first kappa shape index (κ1) is 15.5. The second kappa shape index (κ2) is 7.78. The molecule has 1 aliphatic rings. The Morgan fingerprint density at radius 1 is 1.47 bits per heavy atom. The molecule has 0 saturated carbocycles. The van der Waals surface area contributed by atoms with Gasteiger partial charge in [0.25, 0.3) is 0 Å². The van der Waals surface area contributed by atoms with Gasteiger partial charge in [-0.25, -0.2) is 0 Å². The van der Waals surface area contributed by atoms with Crippen LogP contribution in [0.2, 0.25) is 0 Å². The minimum absolute atomic E-state index is 0.0129. The lowest BCUT2D eigenvalue weighted by Crippen LogP contribution is -2.16. The van der Waals surface area contributed by atoms with Gasteiger partial charge in [-0.2, -0.15) is 0 Å². The highest BCUT2D eigenvalue weighted by atomic mass is 16.1. The molecule has 0 fully saturated rings. The van der Waals surface area contributed by atoms with Crippen molar-refractivity contribution in [3.8, 4) is 0 Å². The van der Waals surface area contributed by atoms with Gasteiger partial charge in [0.1, 0.15) is 5.78 Å². The third-order valence-electron chi connectivity index (χ3n) is 3.56. The highest BCUT2D eigenvalue weighted by molar-refractivity contribution is 5.83. The lowest BCUT2D eigenvalue weighted by molar-refractivity contribution is -0.120. The minimum Gasteiger partial charge on any atom is -0.371 e. The SMILES string of the molecule is C/C=C(\C=C/C1=CCC=CCN1C)C(C)C(=O)CC. The predicted octanol–water partition coefficient (Wildman–Crippen LogP) is 3.88. The summed E-state index contributed by atoms with van der Waals surface area (Å²) in [6.07, 6.45) is 14.4. The zero-order valence-corrected chi connectivity index (χ0v) is 12.5. The van der Waals surface area contributed by atoms with E-state index in [1.165, 1.54) is 5.70 Å². The fourth-order valence-electron chi connectivity index (χ4n) is 2.14. The summed E-state index contributed by atoms with van der Waals surface area (Å²) >= 11 is 0. The van der Waals surface area contributed by atoms with Gasteiger partial charge in [-0.1, -0.05) is 44.2 Å². The summed E-state index contributed by atoms with van der Waals surface area (Å²) in [5.74, 6) is 0.281. The number of carbonyl (C=O) groups excluding carboxylic acids is 1. The number of likely N-dealkylation sites (N-methyl/N-ethyl adjacent to an activating group) is 1. The van der Waals surface area contributed by atoms with Gasteiger partial charge in [0.2, 0.25) is 0 Å². The van der Waals surface area contributed by atoms with Crippen LogP contribution in [0, 0.1) is 5.92 Å². The number of Topliss-reactive ketones (excluding diaryl/α,β-unsaturated/α-hetero) is 1. The van der Waals surface area contributed by atoms with Crippen LogP contribution in [0.5, 0.6) is 0 Å². The molecule has 0 aromatic carbocycles. The molecule has 0 bridgehead atoms. The molecule has 0 spiro atoms. The van der Waals surface area contributed by atoms with E-state index in [9.17, 15) is 4.79 Å². The summed E-state index contributed by atoms with van der Waals surface area (Å²) in [6, 6.07) is 0. The quantitative estimate of drug-likeness (QED) is 0.551. The predicted molar refractivity (Wildman–Crippen MR) is 81.8 cm³/mol. The van der Waals surface area contributed by atoms with Crippen LogP contribution in [-0.4, -0.2) is 24.3 Å². The number of ketones is 1. The van der Waals surface area contributed by atoms with Gasteiger partial charge in [-0.15, -0.1) is 0 Å². The van der Waals surface area contributed by atoms with Crippen LogP contribution < -0.4 is 0 Å². The molecule has 0 aliphatic carbocycles. The monoisotopic (exact) mass is 259 g/mol. The Morgan fingerprint density at radius 3 is 2.84 bits per heavy atom. The van der Waals surface area contributed by atoms with E-state index in [1.54, 1.807) is 0 Å². The summed E-state index contributed by atoms with van der Waals surface area (Å²) in [5, 5.41) is 0. The molecular weight excluding hydrogens is 234 g/mol. The molecule has 1 atom stereocenters. The number of hydrogen-bond acceptors (Lipinski definition) is 2. The third kappa shape index (κ3) is 4.55. The first-order valence-electron chi connectivity index (χ1n) is 7.03. The number of carbonyl (C=O) groups is 1. The van der Waals surface area contributed by atoms with E-state index in [1.807, 2.05) is 26.8 Å². The maximum atomic E-state index is 11.8. The maximum absolute atomic E-state index is 11.8. The Hall–Kier alpha value is -1.57. The Balaban J connectivity index is 2.78. The van der Waals surface area contributed by atoms with Crippen molar-refractivity contribution in [2.75, 3.05) is 13.6 Å². The van der Waals surface area contributed by atoms with Gasteiger partial charge in [-0.05, 0) is 25.0 Å². The zero-order chi connectivity index (χ0) is 14.3. The van der Waals surface area contributed by atoms with Gasteiger partial charge in [0.15, 0.2) is 0 Å². The summed E-state index contributed by atoms with van der Waals surface area (Å²) in [5.41, 5.74) is 2.30. The summed E-state index contributed by atoms with van der Waals surface area (Å²) in [7, 11) is 2.09. The van der Waals surface area contributed by atoms with Crippen LogP contribution >= 0.6 is 0 Å². The average molecular weight is 259 g/mol. The number of hydrogen-bond donors (Lipinski definition) is 0. The van der Waals surface area contributed by atoms with Crippen LogP contribution in [0.1, 0.15) is 33.6 Å². The molecule has 1 rings (SSSR count). The fraction of sp³-hybridized carbons (Fsp3) is 0.471. The number of nitrogens with zero attached hydrogens (tertiary/aromatic N) is 1. The smallest absolute Gasteiger partial charge is 0.139 e. The molecular formula is C17H25NO. The van der Waals surface area contributed by atoms with E-state index in [4.69, 9.17) is 0 Å². The molecule has 0 aromatic rings. The van der Waals surface area contributed by atoms with E-state index in [0.717, 1.165) is 18.5 Å². The summed E-state index contributed by atoms with van der Waals surface area (Å²) in [6.45, 7) is 6.83. The fourth-order valence-corrected chi connectivity index (χ4v) is 2.14. The summed E-state index contributed by atoms with van der Waals surface area (Å²) in [4.78, 5) is 14.0. The molecule has 0 aromatic heterocycles.